The van der Waals surface area contributed by atoms with Gasteiger partial charge in [0.15, 0.2) is 5.82 Å². The van der Waals surface area contributed by atoms with Crippen molar-refractivity contribution in [3.05, 3.63) is 53.9 Å². The number of anilines is 6. The molecule has 40 heavy (non-hydrogen) atoms. The number of sulfonamides is 1. The summed E-state index contributed by atoms with van der Waals surface area (Å²) < 4.78 is 46.5. The monoisotopic (exact) mass is 587 g/mol. The van der Waals surface area contributed by atoms with Crippen LogP contribution in [0.25, 0.3) is 11.0 Å². The van der Waals surface area contributed by atoms with Gasteiger partial charge in [-0.2, -0.15) is 4.98 Å². The van der Waals surface area contributed by atoms with Gasteiger partial charge in [-0.05, 0) is 31.3 Å². The molecule has 4 aromatic rings. The van der Waals surface area contributed by atoms with Crippen LogP contribution in [0.3, 0.4) is 0 Å². The second kappa shape index (κ2) is 11.2. The van der Waals surface area contributed by atoms with Crippen LogP contribution < -0.4 is 30.3 Å². The van der Waals surface area contributed by atoms with Crippen LogP contribution in [-0.4, -0.2) is 74.1 Å². The summed E-state index contributed by atoms with van der Waals surface area (Å²) in [5.41, 5.74) is 2.83. The van der Waals surface area contributed by atoms with Crippen molar-refractivity contribution in [2.45, 2.75) is 12.2 Å². The predicted molar refractivity (Wildman–Crippen MR) is 155 cm³/mol. The average Bonchev–Trinajstić information content (AvgIpc) is 3.31. The number of aromatic nitrogens is 4. The lowest BCUT2D eigenvalue weighted by Crippen LogP contribution is -2.34. The van der Waals surface area contributed by atoms with E-state index in [1.165, 1.54) is 25.7 Å². The van der Waals surface area contributed by atoms with E-state index in [2.05, 4.69) is 40.6 Å². The zero-order chi connectivity index (χ0) is 28.4. The van der Waals surface area contributed by atoms with E-state index in [9.17, 15) is 12.8 Å². The number of rotatable bonds is 9. The number of halogens is 2. The molecule has 0 saturated carbocycles. The number of fused-ring (bicyclic) bond motifs is 1. The molecule has 0 bridgehead atoms. The topological polar surface area (TPSA) is 146 Å². The molecule has 0 spiro atoms. The molecule has 0 radical (unpaired) electrons. The van der Waals surface area contributed by atoms with Crippen molar-refractivity contribution in [3.63, 3.8) is 0 Å². The first kappa shape index (κ1) is 27.6. The summed E-state index contributed by atoms with van der Waals surface area (Å²) in [6.07, 6.45) is 4.47. The van der Waals surface area contributed by atoms with Crippen LogP contribution in [0.2, 0.25) is 5.02 Å². The minimum atomic E-state index is -3.65. The Balaban J connectivity index is 1.42. The van der Waals surface area contributed by atoms with Crippen LogP contribution in [0.15, 0.2) is 48.9 Å². The Morgan fingerprint density at radius 3 is 2.58 bits per heavy atom. The lowest BCUT2D eigenvalue weighted by Gasteiger charge is -2.20. The predicted octanol–water partition coefficient (Wildman–Crippen LogP) is 3.69. The molecule has 1 aliphatic rings. The molecule has 2 aromatic heterocycles. The third-order valence-corrected chi connectivity index (χ3v) is 7.19. The van der Waals surface area contributed by atoms with Crippen molar-refractivity contribution in [2.75, 3.05) is 53.8 Å². The molecule has 15 heteroatoms. The first-order valence-electron chi connectivity index (χ1n) is 12.2. The van der Waals surface area contributed by atoms with E-state index in [-0.39, 0.29) is 35.1 Å². The number of hydrogen-bond donors (Lipinski definition) is 4. The highest BCUT2D eigenvalue weighted by molar-refractivity contribution is 7.92. The van der Waals surface area contributed by atoms with Gasteiger partial charge in [0.05, 0.1) is 54.7 Å². The molecule has 2 atom stereocenters. The molecule has 1 saturated heterocycles. The summed E-state index contributed by atoms with van der Waals surface area (Å²) >= 11 is 6.39. The van der Waals surface area contributed by atoms with Gasteiger partial charge in [-0.3, -0.25) is 14.7 Å². The Labute approximate surface area is 235 Å². The van der Waals surface area contributed by atoms with Gasteiger partial charge in [-0.15, -0.1) is 0 Å². The van der Waals surface area contributed by atoms with Crippen LogP contribution in [0.5, 0.6) is 5.75 Å². The number of likely N-dealkylation sites (N-methyl/N-ethyl adjacent to an activating group) is 1. The molecule has 1 unspecified atom stereocenters. The Morgan fingerprint density at radius 1 is 1.07 bits per heavy atom. The minimum Gasteiger partial charge on any atom is -0.494 e. The summed E-state index contributed by atoms with van der Waals surface area (Å²) in [4.78, 5) is 19.2. The molecule has 1 fully saturated rings. The van der Waals surface area contributed by atoms with Gasteiger partial charge in [-0.1, -0.05) is 11.6 Å². The maximum atomic E-state index is 14.3. The number of nitrogens with one attached hydrogen (secondary N) is 4. The SMILES string of the molecule is CN[C@@H]1CN(c2ccc(Nc3ncc(Cl)c(Nc4ccc5nccnc5c4NS(C)(=O)=O)n3)c(OC)c2)CC1F. The quantitative estimate of drug-likeness (QED) is 0.227. The number of hydrogen-bond acceptors (Lipinski definition) is 11. The van der Waals surface area contributed by atoms with Crippen molar-refractivity contribution in [2.24, 2.45) is 0 Å². The highest BCUT2D eigenvalue weighted by Gasteiger charge is 2.32. The second-order valence-electron chi connectivity index (χ2n) is 9.13. The normalized spacial score (nSPS) is 17.2. The Kier molecular flexibility index (Phi) is 7.74. The third-order valence-electron chi connectivity index (χ3n) is 6.34. The Bertz CT molecular complexity index is 1660. The summed E-state index contributed by atoms with van der Waals surface area (Å²) in [5, 5.41) is 9.40. The number of ether oxygens (including phenoxy) is 1. The van der Waals surface area contributed by atoms with Crippen LogP contribution in [0.4, 0.5) is 38.9 Å². The smallest absolute Gasteiger partial charge is 0.229 e. The van der Waals surface area contributed by atoms with Gasteiger partial charge in [0.2, 0.25) is 16.0 Å². The third kappa shape index (κ3) is 5.93. The highest BCUT2D eigenvalue weighted by atomic mass is 35.5. The van der Waals surface area contributed by atoms with Gasteiger partial charge in [0.25, 0.3) is 0 Å². The van der Waals surface area contributed by atoms with Crippen LogP contribution >= 0.6 is 11.6 Å². The maximum absolute atomic E-state index is 14.3. The fourth-order valence-electron chi connectivity index (χ4n) is 4.42. The molecule has 210 valence electrons. The fourth-order valence-corrected chi connectivity index (χ4v) is 5.14. The Morgan fingerprint density at radius 2 is 1.85 bits per heavy atom. The van der Waals surface area contributed by atoms with Crippen molar-refractivity contribution in [1.29, 1.82) is 0 Å². The highest BCUT2D eigenvalue weighted by Crippen LogP contribution is 2.36. The van der Waals surface area contributed by atoms with Crippen molar-refractivity contribution in [3.8, 4) is 5.75 Å². The standard InChI is InChI=1S/C25H27ClFN9O3S/c1-28-20-13-36(12-16(20)27)14-4-5-17(21(10-14)39-2)33-25-31-11-15(26)24(34-25)32-19-7-6-18-22(30-9-8-29-18)23(19)35-40(3,37)38/h4-11,16,20,28,35H,12-13H2,1-3H3,(H2,31,32,33,34)/t16?,20-/m1/s1. The van der Waals surface area contributed by atoms with E-state index in [1.54, 1.807) is 25.2 Å². The van der Waals surface area contributed by atoms with E-state index < -0.39 is 16.2 Å². The maximum Gasteiger partial charge on any atom is 0.229 e. The number of nitrogens with zero attached hydrogens (tertiary/aromatic N) is 5. The van der Waals surface area contributed by atoms with Crippen molar-refractivity contribution >= 4 is 67.2 Å². The molecule has 5 rings (SSSR count). The van der Waals surface area contributed by atoms with Crippen molar-refractivity contribution < 1.29 is 17.5 Å². The molecule has 2 aromatic carbocycles. The molecule has 12 nitrogen and oxygen atoms in total. The van der Waals surface area contributed by atoms with E-state index in [0.717, 1.165) is 11.9 Å². The van der Waals surface area contributed by atoms with Crippen LogP contribution in [0.1, 0.15) is 0 Å². The Hall–Kier alpha value is -4.01. The van der Waals surface area contributed by atoms with E-state index in [0.29, 0.717) is 34.7 Å². The first-order chi connectivity index (χ1) is 19.1. The van der Waals surface area contributed by atoms with E-state index in [4.69, 9.17) is 16.3 Å². The molecule has 0 aliphatic carbocycles. The fraction of sp³-hybridized carbons (Fsp3) is 0.280. The van der Waals surface area contributed by atoms with Gasteiger partial charge in [0, 0.05) is 30.7 Å². The zero-order valence-corrected chi connectivity index (χ0v) is 23.4. The number of alkyl halides is 1. The second-order valence-corrected chi connectivity index (χ2v) is 11.3. The molecule has 4 N–H and O–H groups in total. The largest absolute Gasteiger partial charge is 0.494 e. The summed E-state index contributed by atoms with van der Waals surface area (Å²) in [7, 11) is -0.356. The first-order valence-corrected chi connectivity index (χ1v) is 14.4. The molecular weight excluding hydrogens is 561 g/mol. The number of benzene rings is 2. The minimum absolute atomic E-state index is 0.200. The van der Waals surface area contributed by atoms with Crippen molar-refractivity contribution in [1.82, 2.24) is 25.3 Å². The average molecular weight is 588 g/mol. The van der Waals surface area contributed by atoms with Crippen LogP contribution in [0, 0.1) is 0 Å². The van der Waals surface area contributed by atoms with E-state index in [1.807, 2.05) is 17.0 Å². The lowest BCUT2D eigenvalue weighted by molar-refractivity contribution is 0.310. The van der Waals surface area contributed by atoms with Gasteiger partial charge in [0.1, 0.15) is 22.5 Å². The lowest BCUT2D eigenvalue weighted by atomic mass is 10.2. The summed E-state index contributed by atoms with van der Waals surface area (Å²) in [5.74, 6) is 0.941. The molecule has 3 heterocycles. The summed E-state index contributed by atoms with van der Waals surface area (Å²) in [6, 6.07) is 8.60. The summed E-state index contributed by atoms with van der Waals surface area (Å²) in [6.45, 7) is 0.826. The van der Waals surface area contributed by atoms with Gasteiger partial charge < -0.3 is 25.6 Å². The van der Waals surface area contributed by atoms with Gasteiger partial charge in [-0.25, -0.2) is 17.8 Å². The molecular formula is C25H27ClFN9O3S. The number of methoxy groups -OCH3 is 1. The molecule has 1 aliphatic heterocycles. The zero-order valence-electron chi connectivity index (χ0n) is 21.8. The molecule has 0 amide bonds. The van der Waals surface area contributed by atoms with Crippen LogP contribution in [-0.2, 0) is 10.0 Å². The van der Waals surface area contributed by atoms with E-state index >= 15 is 0 Å². The van der Waals surface area contributed by atoms with Gasteiger partial charge >= 0.3 is 0 Å².